The number of benzene rings is 1. The summed E-state index contributed by atoms with van der Waals surface area (Å²) < 4.78 is 38.5. The molecule has 0 aliphatic rings. The molecule has 0 saturated carbocycles. The van der Waals surface area contributed by atoms with Gasteiger partial charge < -0.3 is 5.32 Å². The van der Waals surface area contributed by atoms with Crippen molar-refractivity contribution < 1.29 is 13.2 Å². The molecule has 18 heavy (non-hydrogen) atoms. The van der Waals surface area contributed by atoms with Crippen molar-refractivity contribution in [2.24, 2.45) is 5.92 Å². The minimum atomic E-state index is -4.39. The summed E-state index contributed by atoms with van der Waals surface area (Å²) in [5.74, 6) is 0.377. The van der Waals surface area contributed by atoms with E-state index in [2.05, 4.69) is 5.32 Å². The molecule has 0 atom stereocenters. The van der Waals surface area contributed by atoms with Gasteiger partial charge in [0.15, 0.2) is 0 Å². The summed E-state index contributed by atoms with van der Waals surface area (Å²) in [6.07, 6.45) is -2.50. The SMILES string of the molecule is CCC(CC)CNc1ccc(Cl)cc1C(F)(F)F. The van der Waals surface area contributed by atoms with E-state index >= 15 is 0 Å². The fourth-order valence-corrected chi connectivity index (χ4v) is 1.91. The minimum absolute atomic E-state index is 0.0930. The maximum absolute atomic E-state index is 12.8. The highest BCUT2D eigenvalue weighted by Crippen LogP contribution is 2.36. The van der Waals surface area contributed by atoms with Crippen LogP contribution in [0.15, 0.2) is 18.2 Å². The Labute approximate surface area is 110 Å². The van der Waals surface area contributed by atoms with Gasteiger partial charge in [-0.3, -0.25) is 0 Å². The molecule has 0 fully saturated rings. The van der Waals surface area contributed by atoms with Crippen LogP contribution in [-0.2, 0) is 6.18 Å². The van der Waals surface area contributed by atoms with Gasteiger partial charge in [0.25, 0.3) is 0 Å². The Hall–Kier alpha value is -0.900. The van der Waals surface area contributed by atoms with Crippen LogP contribution in [0.1, 0.15) is 32.3 Å². The van der Waals surface area contributed by atoms with Crippen molar-refractivity contribution in [3.63, 3.8) is 0 Å². The Morgan fingerprint density at radius 3 is 2.33 bits per heavy atom. The number of alkyl halides is 3. The zero-order valence-corrected chi connectivity index (χ0v) is 11.2. The molecule has 0 saturated heterocycles. The highest BCUT2D eigenvalue weighted by atomic mass is 35.5. The predicted octanol–water partition coefficient (Wildman–Crippen LogP) is 5.21. The molecule has 0 aliphatic carbocycles. The third-order valence-corrected chi connectivity index (χ3v) is 3.26. The van der Waals surface area contributed by atoms with Gasteiger partial charge in [0.2, 0.25) is 0 Å². The fourth-order valence-electron chi connectivity index (χ4n) is 1.74. The van der Waals surface area contributed by atoms with Crippen LogP contribution < -0.4 is 5.32 Å². The molecule has 0 radical (unpaired) electrons. The van der Waals surface area contributed by atoms with Crippen LogP contribution in [0, 0.1) is 5.92 Å². The zero-order chi connectivity index (χ0) is 13.8. The van der Waals surface area contributed by atoms with E-state index in [1.165, 1.54) is 12.1 Å². The number of hydrogen-bond donors (Lipinski definition) is 1. The van der Waals surface area contributed by atoms with E-state index in [0.29, 0.717) is 12.5 Å². The molecule has 0 unspecified atom stereocenters. The van der Waals surface area contributed by atoms with Crippen LogP contribution >= 0.6 is 11.6 Å². The second-order valence-electron chi connectivity index (χ2n) is 4.25. The molecular weight excluding hydrogens is 263 g/mol. The average Bonchev–Trinajstić information content (AvgIpc) is 2.30. The van der Waals surface area contributed by atoms with Crippen LogP contribution in [0.5, 0.6) is 0 Å². The maximum Gasteiger partial charge on any atom is 0.418 e. The van der Waals surface area contributed by atoms with Gasteiger partial charge in [-0.25, -0.2) is 0 Å². The zero-order valence-electron chi connectivity index (χ0n) is 10.4. The first-order valence-corrected chi connectivity index (χ1v) is 6.36. The monoisotopic (exact) mass is 279 g/mol. The highest BCUT2D eigenvalue weighted by Gasteiger charge is 2.33. The standard InChI is InChI=1S/C13H17ClF3N/c1-3-9(4-2)8-18-12-6-5-10(14)7-11(12)13(15,16)17/h5-7,9,18H,3-4,8H2,1-2H3. The van der Waals surface area contributed by atoms with Crippen molar-refractivity contribution >= 4 is 17.3 Å². The lowest BCUT2D eigenvalue weighted by Crippen LogP contribution is -2.16. The first-order chi connectivity index (χ1) is 8.38. The van der Waals surface area contributed by atoms with Crippen molar-refractivity contribution in [3.05, 3.63) is 28.8 Å². The molecule has 0 spiro atoms. The molecule has 0 aliphatic heterocycles. The fraction of sp³-hybridized carbons (Fsp3) is 0.538. The number of anilines is 1. The molecule has 0 aromatic heterocycles. The van der Waals surface area contributed by atoms with E-state index in [4.69, 9.17) is 11.6 Å². The molecule has 1 N–H and O–H groups in total. The van der Waals surface area contributed by atoms with Crippen LogP contribution in [0.3, 0.4) is 0 Å². The third kappa shape index (κ3) is 4.09. The molecule has 0 amide bonds. The van der Waals surface area contributed by atoms with Crippen molar-refractivity contribution in [2.75, 3.05) is 11.9 Å². The summed E-state index contributed by atoms with van der Waals surface area (Å²) in [7, 11) is 0. The van der Waals surface area contributed by atoms with Gasteiger partial charge in [-0.15, -0.1) is 0 Å². The molecule has 1 aromatic rings. The summed E-state index contributed by atoms with van der Waals surface area (Å²) in [4.78, 5) is 0. The van der Waals surface area contributed by atoms with Gasteiger partial charge in [-0.2, -0.15) is 13.2 Å². The maximum atomic E-state index is 12.8. The minimum Gasteiger partial charge on any atom is -0.384 e. The quantitative estimate of drug-likeness (QED) is 0.780. The van der Waals surface area contributed by atoms with Gasteiger partial charge in [-0.1, -0.05) is 38.3 Å². The van der Waals surface area contributed by atoms with Gasteiger partial charge >= 0.3 is 6.18 Å². The largest absolute Gasteiger partial charge is 0.418 e. The smallest absolute Gasteiger partial charge is 0.384 e. The van der Waals surface area contributed by atoms with Gasteiger partial charge in [0.05, 0.1) is 5.56 Å². The lowest BCUT2D eigenvalue weighted by atomic mass is 10.0. The van der Waals surface area contributed by atoms with E-state index in [9.17, 15) is 13.2 Å². The second kappa shape index (κ2) is 6.32. The van der Waals surface area contributed by atoms with E-state index in [0.717, 1.165) is 18.9 Å². The molecule has 1 aromatic carbocycles. The predicted molar refractivity (Wildman–Crippen MR) is 69.0 cm³/mol. The van der Waals surface area contributed by atoms with Crippen LogP contribution in [-0.4, -0.2) is 6.54 Å². The van der Waals surface area contributed by atoms with E-state index < -0.39 is 11.7 Å². The van der Waals surface area contributed by atoms with Crippen LogP contribution in [0.4, 0.5) is 18.9 Å². The van der Waals surface area contributed by atoms with Gasteiger partial charge in [-0.05, 0) is 24.1 Å². The molecular formula is C13H17ClF3N. The third-order valence-electron chi connectivity index (χ3n) is 3.02. The molecule has 0 bridgehead atoms. The summed E-state index contributed by atoms with van der Waals surface area (Å²) in [5.41, 5.74) is -0.611. The van der Waals surface area contributed by atoms with Crippen molar-refractivity contribution in [1.82, 2.24) is 0 Å². The lowest BCUT2D eigenvalue weighted by Gasteiger charge is -2.18. The lowest BCUT2D eigenvalue weighted by molar-refractivity contribution is -0.136. The Kier molecular flexibility index (Phi) is 5.32. The Balaban J connectivity index is 2.88. The molecule has 1 rings (SSSR count). The van der Waals surface area contributed by atoms with Gasteiger partial charge in [0, 0.05) is 17.3 Å². The Bertz CT molecular complexity index is 386. The molecule has 0 heterocycles. The van der Waals surface area contributed by atoms with Crippen molar-refractivity contribution in [1.29, 1.82) is 0 Å². The highest BCUT2D eigenvalue weighted by molar-refractivity contribution is 6.30. The second-order valence-corrected chi connectivity index (χ2v) is 4.69. The first kappa shape index (κ1) is 15.2. The topological polar surface area (TPSA) is 12.0 Å². The Morgan fingerprint density at radius 1 is 1.22 bits per heavy atom. The van der Waals surface area contributed by atoms with E-state index in [1.807, 2.05) is 13.8 Å². The molecule has 1 nitrogen and oxygen atoms in total. The van der Waals surface area contributed by atoms with Crippen molar-refractivity contribution in [2.45, 2.75) is 32.9 Å². The number of halogens is 4. The first-order valence-electron chi connectivity index (χ1n) is 5.99. The Morgan fingerprint density at radius 2 is 1.83 bits per heavy atom. The van der Waals surface area contributed by atoms with E-state index in [1.54, 1.807) is 0 Å². The number of nitrogens with one attached hydrogen (secondary N) is 1. The van der Waals surface area contributed by atoms with E-state index in [-0.39, 0.29) is 10.7 Å². The average molecular weight is 280 g/mol. The molecule has 5 heteroatoms. The molecule has 102 valence electrons. The van der Waals surface area contributed by atoms with Crippen molar-refractivity contribution in [3.8, 4) is 0 Å². The number of hydrogen-bond acceptors (Lipinski definition) is 1. The van der Waals surface area contributed by atoms with Crippen LogP contribution in [0.2, 0.25) is 5.02 Å². The van der Waals surface area contributed by atoms with Gasteiger partial charge in [0.1, 0.15) is 0 Å². The van der Waals surface area contributed by atoms with Crippen LogP contribution in [0.25, 0.3) is 0 Å². The summed E-state index contributed by atoms with van der Waals surface area (Å²) in [5, 5.41) is 2.96. The summed E-state index contributed by atoms with van der Waals surface area (Å²) in [6, 6.07) is 3.80. The summed E-state index contributed by atoms with van der Waals surface area (Å²) in [6.45, 7) is 4.60. The number of rotatable bonds is 5. The summed E-state index contributed by atoms with van der Waals surface area (Å²) >= 11 is 5.61. The normalized spacial score (nSPS) is 11.9.